The maximum Gasteiger partial charge on any atom is 0.472 e. The zero-order valence-electron chi connectivity index (χ0n) is 42.2. The molecule has 4 heterocycles. The summed E-state index contributed by atoms with van der Waals surface area (Å²) in [7, 11) is -7.62. The second kappa shape index (κ2) is 26.7. The van der Waals surface area contributed by atoms with Crippen molar-refractivity contribution in [2.24, 2.45) is 23.5 Å². The van der Waals surface area contributed by atoms with Crippen LogP contribution in [-0.2, 0) is 80.7 Å². The molecule has 3 unspecified atom stereocenters. The number of aromatic nitrogens is 1. The Morgan fingerprint density at radius 2 is 1.57 bits per heavy atom. The van der Waals surface area contributed by atoms with Gasteiger partial charge in [0.15, 0.2) is 12.6 Å². The minimum absolute atomic E-state index is 0.0169. The third-order valence-corrected chi connectivity index (χ3v) is 15.3. The summed E-state index contributed by atoms with van der Waals surface area (Å²) in [6.45, 7) is 2.19. The van der Waals surface area contributed by atoms with Gasteiger partial charge in [-0.2, -0.15) is 0 Å². The number of hydrogen-bond acceptors (Lipinski definition) is 17. The Bertz CT molecular complexity index is 2650. The SMILES string of the molecule is CCCC(=O)Cc1cc2c3c([nH]c2cc1OCOP(=O)(O)O)S(=O)C[C@@H]1NC(=O)CNC(=O)[C@H]([C@@H](C)CC)NC(=O)CNC(=O)[C@H](C3)NC(=O)[C@H](C(C)C(O)CO)NC(=O)[C@@H]2C[C@@H](O)CN2C(=O)[C@H](CC(N)=O)CC1=O. The highest BCUT2D eigenvalue weighted by Gasteiger charge is 2.45. The highest BCUT2D eigenvalue weighted by Crippen LogP contribution is 2.37. The average molecular weight is 1110 g/mol. The van der Waals surface area contributed by atoms with Crippen LogP contribution in [0.4, 0.5) is 0 Å². The predicted octanol–water partition coefficient (Wildman–Crippen LogP) is -4.18. The standard InChI is InChI=1S/C46H66N9O19PS/c1-5-7-25(57)8-23-9-27-28-13-30-41(64)48-16-38(63)53-39(21(3)6-2)43(66)49-15-37(62)50-31(19-76(72)45(28)52-29(27)14-35(23)73-20-74-75(69,70)71)33(59)10-24(11-36(47)61)46(68)55-17-26(58)12-32(55)42(65)54-40(44(67)51-30)22(4)34(60)18-56/h9,14,21-22,24,26,30-32,34,39-40,52,56,58,60H,5-8,10-13,15-20H2,1-4H3,(H2,47,61)(H,48,64)(H,49,66)(H,50,62)(H,51,67)(H,53,63)(H,54,65)(H2,69,70,71)/t21-,22?,24-,26+,30-,31-,32-,34?,39-,40-,76?/m0/s1. The fourth-order valence-electron chi connectivity index (χ4n) is 9.06. The molecule has 0 saturated carbocycles. The van der Waals surface area contributed by atoms with Crippen molar-refractivity contribution in [3.63, 3.8) is 0 Å². The van der Waals surface area contributed by atoms with Crippen molar-refractivity contribution in [2.45, 2.75) is 127 Å². The number of hydrogen-bond donors (Lipinski definition) is 13. The fraction of sp³-hybridized carbons (Fsp3) is 0.609. The molecular formula is C46H66N9O19PS. The number of Topliss-reactive ketones (excluding diaryl/α,β-unsaturated/α-hetero) is 2. The van der Waals surface area contributed by atoms with Gasteiger partial charge in [0.05, 0.1) is 65.9 Å². The smallest absolute Gasteiger partial charge is 0.467 e. The van der Waals surface area contributed by atoms with E-state index in [0.717, 1.165) is 4.90 Å². The van der Waals surface area contributed by atoms with Gasteiger partial charge >= 0.3 is 7.82 Å². The third-order valence-electron chi connectivity index (χ3n) is 13.4. The van der Waals surface area contributed by atoms with Crippen molar-refractivity contribution in [2.75, 3.05) is 38.8 Å². The lowest BCUT2D eigenvalue weighted by atomic mass is 9.93. The van der Waals surface area contributed by atoms with E-state index in [1.807, 2.05) is 0 Å². The van der Waals surface area contributed by atoms with Crippen LogP contribution in [0.15, 0.2) is 17.2 Å². The first-order chi connectivity index (χ1) is 35.7. The lowest BCUT2D eigenvalue weighted by Gasteiger charge is -2.32. The number of aliphatic hydroxyl groups is 3. The number of rotatable bonds is 15. The average Bonchev–Trinajstić information content (AvgIpc) is 3.92. The molecule has 5 rings (SSSR count). The van der Waals surface area contributed by atoms with Crippen LogP contribution in [0.2, 0.25) is 0 Å². The number of H-pyrrole nitrogens is 1. The third kappa shape index (κ3) is 15.9. The van der Waals surface area contributed by atoms with Gasteiger partial charge in [-0.05, 0) is 24.0 Å². The van der Waals surface area contributed by atoms with E-state index in [-0.39, 0.29) is 51.4 Å². The molecular weight excluding hydrogens is 1050 g/mol. The van der Waals surface area contributed by atoms with Crippen molar-refractivity contribution >= 4 is 88.3 Å². The Balaban J connectivity index is 1.82. The van der Waals surface area contributed by atoms with Crippen LogP contribution < -0.4 is 42.4 Å². The summed E-state index contributed by atoms with van der Waals surface area (Å²) in [5, 5.41) is 46.3. The number of carbonyl (C=O) groups is 10. The Morgan fingerprint density at radius 1 is 0.895 bits per heavy atom. The molecule has 2 bridgehead atoms. The summed E-state index contributed by atoms with van der Waals surface area (Å²) in [5.41, 5.74) is 5.61. The second-order valence-corrected chi connectivity index (χ2v) is 21.8. The van der Waals surface area contributed by atoms with Gasteiger partial charge in [-0.1, -0.05) is 34.1 Å². The van der Waals surface area contributed by atoms with E-state index >= 15 is 4.21 Å². The zero-order chi connectivity index (χ0) is 56.3. The summed E-state index contributed by atoms with van der Waals surface area (Å²) >= 11 is 0. The number of primary amides is 1. The number of amides is 8. The lowest BCUT2D eigenvalue weighted by molar-refractivity contribution is -0.145. The van der Waals surface area contributed by atoms with E-state index < -0.39 is 196 Å². The number of aliphatic hydroxyl groups excluding tert-OH is 3. The molecule has 0 aliphatic carbocycles. The summed E-state index contributed by atoms with van der Waals surface area (Å²) in [6.07, 6.45) is -5.46. The molecule has 28 nitrogen and oxygen atoms in total. The molecule has 76 heavy (non-hydrogen) atoms. The van der Waals surface area contributed by atoms with Gasteiger partial charge in [0.25, 0.3) is 0 Å². The van der Waals surface area contributed by atoms with Crippen molar-refractivity contribution in [3.8, 4) is 5.75 Å². The van der Waals surface area contributed by atoms with Gasteiger partial charge in [0, 0.05) is 68.0 Å². The summed E-state index contributed by atoms with van der Waals surface area (Å²) < 4.78 is 36.8. The number of ether oxygens (including phenoxy) is 1. The Morgan fingerprint density at radius 3 is 2.20 bits per heavy atom. The molecule has 14 N–H and O–H groups in total. The summed E-state index contributed by atoms with van der Waals surface area (Å²) in [5.74, 6) is -14.3. The molecule has 1 aromatic heterocycles. The van der Waals surface area contributed by atoms with Crippen molar-refractivity contribution in [3.05, 3.63) is 23.3 Å². The maximum absolute atomic E-state index is 15.1. The molecule has 3 aliphatic rings. The fourth-order valence-corrected chi connectivity index (χ4v) is 10.7. The van der Waals surface area contributed by atoms with E-state index in [9.17, 15) is 77.6 Å². The molecule has 0 spiro atoms. The molecule has 0 radical (unpaired) electrons. The number of phosphoric ester groups is 1. The Kier molecular flexibility index (Phi) is 21.3. The van der Waals surface area contributed by atoms with Crippen molar-refractivity contribution in [1.29, 1.82) is 0 Å². The van der Waals surface area contributed by atoms with Crippen LogP contribution in [0.25, 0.3) is 10.9 Å². The van der Waals surface area contributed by atoms with Crippen LogP contribution in [0, 0.1) is 17.8 Å². The van der Waals surface area contributed by atoms with Crippen LogP contribution in [0.5, 0.6) is 5.75 Å². The summed E-state index contributed by atoms with van der Waals surface area (Å²) in [4.78, 5) is 162. The molecule has 420 valence electrons. The lowest BCUT2D eigenvalue weighted by Crippen LogP contribution is -2.61. The molecule has 1 fully saturated rings. The number of carbonyl (C=O) groups excluding carboxylic acids is 10. The Hall–Kier alpha value is -6.20. The highest BCUT2D eigenvalue weighted by molar-refractivity contribution is 7.85. The first-order valence-electron chi connectivity index (χ1n) is 24.5. The second-order valence-electron chi connectivity index (χ2n) is 19.1. The van der Waals surface area contributed by atoms with Crippen molar-refractivity contribution < 1.29 is 91.1 Å². The maximum atomic E-state index is 15.1. The van der Waals surface area contributed by atoms with Gasteiger partial charge in [-0.15, -0.1) is 0 Å². The first-order valence-corrected chi connectivity index (χ1v) is 27.3. The first kappa shape index (κ1) is 60.7. The number of nitrogens with zero attached hydrogens (tertiary/aromatic N) is 1. The minimum atomic E-state index is -5.09. The Labute approximate surface area is 437 Å². The number of aromatic amines is 1. The zero-order valence-corrected chi connectivity index (χ0v) is 43.9. The van der Waals surface area contributed by atoms with Gasteiger partial charge in [-0.3, -0.25) is 52.2 Å². The predicted molar refractivity (Wildman–Crippen MR) is 264 cm³/mol. The van der Waals surface area contributed by atoms with Crippen LogP contribution in [0.3, 0.4) is 0 Å². The monoisotopic (exact) mass is 1110 g/mol. The van der Waals surface area contributed by atoms with E-state index in [4.69, 9.17) is 10.5 Å². The largest absolute Gasteiger partial charge is 0.472 e. The normalized spacial score (nSPS) is 26.1. The van der Waals surface area contributed by atoms with Crippen LogP contribution in [0.1, 0.15) is 77.3 Å². The van der Waals surface area contributed by atoms with Gasteiger partial charge in [-0.25, -0.2) is 9.09 Å². The molecule has 1 aromatic carbocycles. The minimum Gasteiger partial charge on any atom is -0.467 e. The quantitative estimate of drug-likeness (QED) is 0.0594. The molecule has 3 aliphatic heterocycles. The highest BCUT2D eigenvalue weighted by atomic mass is 32.2. The van der Waals surface area contributed by atoms with E-state index in [1.165, 1.54) is 19.1 Å². The number of nitrogens with one attached hydrogen (secondary N) is 7. The molecule has 8 amide bonds. The van der Waals surface area contributed by atoms with Gasteiger partial charge in [0.2, 0.25) is 47.3 Å². The molecule has 1 saturated heterocycles. The number of fused-ring (bicyclic) bond motifs is 5. The number of phosphoric acid groups is 1. The van der Waals surface area contributed by atoms with E-state index in [1.54, 1.807) is 20.8 Å². The molecule has 30 heteroatoms. The molecule has 2 aromatic rings. The summed E-state index contributed by atoms with van der Waals surface area (Å²) in [6, 6.07) is -5.81. The van der Waals surface area contributed by atoms with Gasteiger partial charge < -0.3 is 77.4 Å². The molecule has 11 atom stereocenters. The van der Waals surface area contributed by atoms with E-state index in [0.29, 0.717) is 12.8 Å². The topological polar surface area (TPSA) is 442 Å². The number of nitrogens with two attached hydrogens (primary N) is 1. The van der Waals surface area contributed by atoms with E-state index in [2.05, 4.69) is 41.4 Å². The number of ketones is 2. The van der Waals surface area contributed by atoms with Crippen LogP contribution in [-0.4, -0.2) is 179 Å². The van der Waals surface area contributed by atoms with Crippen molar-refractivity contribution in [1.82, 2.24) is 41.8 Å². The number of benzene rings is 1. The van der Waals surface area contributed by atoms with Gasteiger partial charge in [0.1, 0.15) is 40.7 Å². The van der Waals surface area contributed by atoms with Crippen LogP contribution >= 0.6 is 7.82 Å².